The van der Waals surface area contributed by atoms with E-state index in [2.05, 4.69) is 9.97 Å². The molecule has 0 saturated heterocycles. The zero-order valence-corrected chi connectivity index (χ0v) is 6.08. The van der Waals surface area contributed by atoms with Gasteiger partial charge in [0.15, 0.2) is 0 Å². The number of aromatic nitrogens is 2. The lowest BCUT2D eigenvalue weighted by atomic mass is 10.7. The molecular formula is C6H7ClN2O. The van der Waals surface area contributed by atoms with Gasteiger partial charge in [0.05, 0.1) is 12.1 Å². The molecule has 0 aliphatic carbocycles. The molecule has 0 bridgehead atoms. The van der Waals surface area contributed by atoms with E-state index in [0.29, 0.717) is 18.4 Å². The summed E-state index contributed by atoms with van der Waals surface area (Å²) < 4.78 is 5.05. The molecule has 0 aromatic carbocycles. The van der Waals surface area contributed by atoms with Crippen LogP contribution in [0.4, 0.5) is 0 Å². The zero-order valence-electron chi connectivity index (χ0n) is 5.33. The van der Waals surface area contributed by atoms with Crippen LogP contribution in [0.5, 0.6) is 5.88 Å². The average molecular weight is 159 g/mol. The molecule has 0 aliphatic rings. The summed E-state index contributed by atoms with van der Waals surface area (Å²) in [6, 6.07) is 0. The fourth-order valence-corrected chi connectivity index (χ4v) is 0.580. The third-order valence-corrected chi connectivity index (χ3v) is 1.02. The molecular weight excluding hydrogens is 152 g/mol. The van der Waals surface area contributed by atoms with E-state index in [-0.39, 0.29) is 0 Å². The Balaban J connectivity index is 2.43. The van der Waals surface area contributed by atoms with Gasteiger partial charge in [-0.1, -0.05) is 0 Å². The van der Waals surface area contributed by atoms with Crippen molar-refractivity contribution < 1.29 is 4.74 Å². The van der Waals surface area contributed by atoms with Crippen molar-refractivity contribution >= 4 is 11.6 Å². The Kier molecular flexibility index (Phi) is 2.96. The standard InChI is InChI=1S/C6H7ClN2O/c7-1-4-10-6-5-8-2-3-9-6/h2-3,5H,1,4H2. The van der Waals surface area contributed by atoms with Crippen molar-refractivity contribution in [3.63, 3.8) is 0 Å². The molecule has 0 saturated carbocycles. The maximum atomic E-state index is 5.38. The van der Waals surface area contributed by atoms with E-state index >= 15 is 0 Å². The first-order chi connectivity index (χ1) is 4.93. The molecule has 0 amide bonds. The lowest BCUT2D eigenvalue weighted by molar-refractivity contribution is 0.327. The fourth-order valence-electron chi connectivity index (χ4n) is 0.503. The number of halogens is 1. The molecule has 0 aliphatic heterocycles. The van der Waals surface area contributed by atoms with Crippen molar-refractivity contribution in [1.29, 1.82) is 0 Å². The van der Waals surface area contributed by atoms with Crippen LogP contribution in [-0.4, -0.2) is 22.5 Å². The summed E-state index contributed by atoms with van der Waals surface area (Å²) in [7, 11) is 0. The average Bonchev–Trinajstić information content (AvgIpc) is 2.03. The van der Waals surface area contributed by atoms with Crippen molar-refractivity contribution in [2.24, 2.45) is 0 Å². The van der Waals surface area contributed by atoms with Crippen molar-refractivity contribution in [3.05, 3.63) is 18.6 Å². The number of nitrogens with zero attached hydrogens (tertiary/aromatic N) is 2. The van der Waals surface area contributed by atoms with E-state index in [9.17, 15) is 0 Å². The van der Waals surface area contributed by atoms with E-state index in [4.69, 9.17) is 16.3 Å². The van der Waals surface area contributed by atoms with E-state index in [1.807, 2.05) is 0 Å². The summed E-state index contributed by atoms with van der Waals surface area (Å²) in [6.07, 6.45) is 4.71. The van der Waals surface area contributed by atoms with E-state index in [0.717, 1.165) is 0 Å². The molecule has 1 rings (SSSR count). The molecule has 10 heavy (non-hydrogen) atoms. The van der Waals surface area contributed by atoms with Crippen molar-refractivity contribution in [2.75, 3.05) is 12.5 Å². The highest BCUT2D eigenvalue weighted by Gasteiger charge is 1.89. The van der Waals surface area contributed by atoms with Gasteiger partial charge in [-0.3, -0.25) is 4.98 Å². The van der Waals surface area contributed by atoms with Crippen LogP contribution >= 0.6 is 11.6 Å². The SMILES string of the molecule is ClCCOc1cnccn1. The zero-order chi connectivity index (χ0) is 7.23. The van der Waals surface area contributed by atoms with Crippen LogP contribution in [0.2, 0.25) is 0 Å². The second kappa shape index (κ2) is 4.06. The number of ether oxygens (including phenoxy) is 1. The third kappa shape index (κ3) is 2.19. The molecule has 0 fully saturated rings. The van der Waals surface area contributed by atoms with E-state index in [1.54, 1.807) is 18.6 Å². The Bertz CT molecular complexity index is 180. The van der Waals surface area contributed by atoms with Gasteiger partial charge in [0.1, 0.15) is 6.61 Å². The van der Waals surface area contributed by atoms with Gasteiger partial charge in [-0.2, -0.15) is 0 Å². The minimum atomic E-state index is 0.469. The van der Waals surface area contributed by atoms with Gasteiger partial charge in [-0.25, -0.2) is 4.98 Å². The van der Waals surface area contributed by atoms with Crippen LogP contribution < -0.4 is 4.74 Å². The smallest absolute Gasteiger partial charge is 0.232 e. The first-order valence-electron chi connectivity index (χ1n) is 2.88. The summed E-state index contributed by atoms with van der Waals surface area (Å²) in [5.41, 5.74) is 0. The number of rotatable bonds is 3. The minimum Gasteiger partial charge on any atom is -0.475 e. The predicted octanol–water partition coefficient (Wildman–Crippen LogP) is 1.09. The molecule has 0 N–H and O–H groups in total. The van der Waals surface area contributed by atoms with Gasteiger partial charge in [-0.05, 0) is 0 Å². The maximum Gasteiger partial charge on any atom is 0.232 e. The van der Waals surface area contributed by atoms with Gasteiger partial charge in [0.2, 0.25) is 5.88 Å². The summed E-state index contributed by atoms with van der Waals surface area (Å²) in [5.74, 6) is 0.986. The minimum absolute atomic E-state index is 0.469. The maximum absolute atomic E-state index is 5.38. The summed E-state index contributed by atoms with van der Waals surface area (Å²) >= 11 is 5.38. The third-order valence-electron chi connectivity index (χ3n) is 0.867. The molecule has 1 aromatic rings. The van der Waals surface area contributed by atoms with E-state index < -0.39 is 0 Å². The van der Waals surface area contributed by atoms with Gasteiger partial charge in [0.25, 0.3) is 0 Å². The quantitative estimate of drug-likeness (QED) is 0.618. The van der Waals surface area contributed by atoms with Gasteiger partial charge in [0, 0.05) is 12.4 Å². The highest BCUT2D eigenvalue weighted by atomic mass is 35.5. The number of hydrogen-bond donors (Lipinski definition) is 0. The van der Waals surface area contributed by atoms with Gasteiger partial charge < -0.3 is 4.74 Å². The molecule has 0 atom stereocenters. The molecule has 54 valence electrons. The second-order valence-corrected chi connectivity index (χ2v) is 1.96. The van der Waals surface area contributed by atoms with Crippen LogP contribution in [0.3, 0.4) is 0 Å². The van der Waals surface area contributed by atoms with Crippen molar-refractivity contribution in [3.8, 4) is 5.88 Å². The molecule has 0 unspecified atom stereocenters. The Morgan fingerprint density at radius 3 is 3.00 bits per heavy atom. The largest absolute Gasteiger partial charge is 0.475 e. The predicted molar refractivity (Wildman–Crippen MR) is 38.2 cm³/mol. The molecule has 4 heteroatoms. The lowest BCUT2D eigenvalue weighted by Crippen LogP contribution is -1.99. The first kappa shape index (κ1) is 7.28. The molecule has 0 spiro atoms. The van der Waals surface area contributed by atoms with Crippen LogP contribution in [0.1, 0.15) is 0 Å². The first-order valence-corrected chi connectivity index (χ1v) is 3.41. The van der Waals surface area contributed by atoms with Crippen molar-refractivity contribution in [1.82, 2.24) is 9.97 Å². The monoisotopic (exact) mass is 158 g/mol. The van der Waals surface area contributed by atoms with Gasteiger partial charge in [-0.15, -0.1) is 11.6 Å². The summed E-state index contributed by atoms with van der Waals surface area (Å²) in [6.45, 7) is 0.472. The fraction of sp³-hybridized carbons (Fsp3) is 0.333. The lowest BCUT2D eigenvalue weighted by Gasteiger charge is -1.98. The Labute approximate surface area is 64.0 Å². The number of alkyl halides is 1. The van der Waals surface area contributed by atoms with Crippen molar-refractivity contribution in [2.45, 2.75) is 0 Å². The Morgan fingerprint density at radius 1 is 1.50 bits per heavy atom. The van der Waals surface area contributed by atoms with Crippen LogP contribution in [-0.2, 0) is 0 Å². The number of hydrogen-bond acceptors (Lipinski definition) is 3. The normalized spacial score (nSPS) is 9.30. The Morgan fingerprint density at radius 2 is 2.40 bits per heavy atom. The molecule has 1 heterocycles. The molecule has 0 radical (unpaired) electrons. The highest BCUT2D eigenvalue weighted by molar-refractivity contribution is 6.17. The van der Waals surface area contributed by atoms with E-state index in [1.165, 1.54) is 0 Å². The highest BCUT2D eigenvalue weighted by Crippen LogP contribution is 1.99. The Hall–Kier alpha value is -0.830. The van der Waals surface area contributed by atoms with Crippen LogP contribution in [0.15, 0.2) is 18.6 Å². The summed E-state index contributed by atoms with van der Waals surface area (Å²) in [4.78, 5) is 7.68. The molecule has 1 aromatic heterocycles. The summed E-state index contributed by atoms with van der Waals surface area (Å²) in [5, 5.41) is 0. The van der Waals surface area contributed by atoms with Crippen LogP contribution in [0, 0.1) is 0 Å². The van der Waals surface area contributed by atoms with Crippen LogP contribution in [0.25, 0.3) is 0 Å². The second-order valence-electron chi connectivity index (χ2n) is 1.58. The van der Waals surface area contributed by atoms with Gasteiger partial charge >= 0.3 is 0 Å². The molecule has 3 nitrogen and oxygen atoms in total. The topological polar surface area (TPSA) is 35.0 Å².